The van der Waals surface area contributed by atoms with Gasteiger partial charge in [0, 0.05) is 22.3 Å². The van der Waals surface area contributed by atoms with Gasteiger partial charge in [0.2, 0.25) is 0 Å². The summed E-state index contributed by atoms with van der Waals surface area (Å²) in [6.07, 6.45) is 13.7. The highest BCUT2D eigenvalue weighted by atomic mass is 16.2. The second kappa shape index (κ2) is 10.1. The second-order valence-corrected chi connectivity index (χ2v) is 10.3. The monoisotopic (exact) mass is 474 g/mol. The lowest BCUT2D eigenvalue weighted by Gasteiger charge is -2.22. The molecule has 0 aromatic heterocycles. The largest absolute Gasteiger partial charge is 0.269 e. The van der Waals surface area contributed by atoms with Gasteiger partial charge < -0.3 is 0 Å². The molecule has 4 amide bonds. The molecule has 0 aromatic carbocycles. The standard InChI is InChI=1S/C29H34N2O4/c1-18(2)7-5-9-20-11-13-22-24(15-20)28(34)30(26(22)32)17-31-27(33)23-14-12-21(10-6-8-19(3)4)16-25(23)29(31)35/h7-8,11-12H,5-6,9-10,13-17H2,1-4H3. The van der Waals surface area contributed by atoms with Gasteiger partial charge in [0.1, 0.15) is 6.67 Å². The van der Waals surface area contributed by atoms with Crippen LogP contribution < -0.4 is 0 Å². The Morgan fingerprint density at radius 2 is 1.03 bits per heavy atom. The first kappa shape index (κ1) is 24.8. The van der Waals surface area contributed by atoms with Crippen molar-refractivity contribution < 1.29 is 19.2 Å². The van der Waals surface area contributed by atoms with Crippen LogP contribution in [-0.2, 0) is 19.2 Å². The van der Waals surface area contributed by atoms with E-state index in [1.807, 2.05) is 12.2 Å². The fourth-order valence-corrected chi connectivity index (χ4v) is 5.10. The Labute approximate surface area is 207 Å². The number of rotatable bonds is 8. The molecule has 0 radical (unpaired) electrons. The highest BCUT2D eigenvalue weighted by molar-refractivity contribution is 6.22. The van der Waals surface area contributed by atoms with Gasteiger partial charge in [-0.25, -0.2) is 0 Å². The number of hydrogen-bond acceptors (Lipinski definition) is 4. The van der Waals surface area contributed by atoms with Crippen molar-refractivity contribution in [1.29, 1.82) is 0 Å². The minimum absolute atomic E-state index is 0.310. The van der Waals surface area contributed by atoms with Crippen molar-refractivity contribution in [2.75, 3.05) is 6.67 Å². The van der Waals surface area contributed by atoms with E-state index < -0.39 is 0 Å². The number of nitrogens with zero attached hydrogens (tertiary/aromatic N) is 2. The summed E-state index contributed by atoms with van der Waals surface area (Å²) >= 11 is 0. The second-order valence-electron chi connectivity index (χ2n) is 10.3. The summed E-state index contributed by atoms with van der Waals surface area (Å²) in [6, 6.07) is 0. The lowest BCUT2D eigenvalue weighted by atomic mass is 9.90. The summed E-state index contributed by atoms with van der Waals surface area (Å²) < 4.78 is 0. The average molecular weight is 475 g/mol. The van der Waals surface area contributed by atoms with Gasteiger partial charge in [-0.05, 0) is 79.1 Å². The molecular formula is C29H34N2O4. The van der Waals surface area contributed by atoms with E-state index in [9.17, 15) is 19.2 Å². The van der Waals surface area contributed by atoms with Crippen LogP contribution in [0.4, 0.5) is 0 Å². The van der Waals surface area contributed by atoms with Crippen LogP contribution in [0, 0.1) is 0 Å². The van der Waals surface area contributed by atoms with Crippen LogP contribution in [0.5, 0.6) is 0 Å². The van der Waals surface area contributed by atoms with E-state index in [0.717, 1.165) is 46.6 Å². The molecule has 2 aliphatic carbocycles. The van der Waals surface area contributed by atoms with Crippen molar-refractivity contribution in [2.45, 2.75) is 79.1 Å². The van der Waals surface area contributed by atoms with Gasteiger partial charge in [-0.15, -0.1) is 0 Å². The Balaban J connectivity index is 1.39. The summed E-state index contributed by atoms with van der Waals surface area (Å²) in [5.41, 5.74) is 6.86. The molecule has 0 spiro atoms. The molecule has 6 heteroatoms. The van der Waals surface area contributed by atoms with Crippen LogP contribution in [-0.4, -0.2) is 40.1 Å². The SMILES string of the molecule is CC(C)=CCCC1=CCC2=C(C1)C(=O)N(CN1C(=O)C3=C(CC(CCC=C(C)C)=CC3)C1=O)C2=O. The molecule has 0 atom stereocenters. The van der Waals surface area contributed by atoms with Crippen LogP contribution in [0.15, 0.2) is 68.9 Å². The van der Waals surface area contributed by atoms with Gasteiger partial charge in [0.25, 0.3) is 23.6 Å². The normalized spacial score (nSPS) is 19.8. The third-order valence-corrected chi connectivity index (χ3v) is 7.06. The molecule has 6 nitrogen and oxygen atoms in total. The van der Waals surface area contributed by atoms with E-state index in [0.29, 0.717) is 48.0 Å². The van der Waals surface area contributed by atoms with Gasteiger partial charge in [-0.2, -0.15) is 0 Å². The van der Waals surface area contributed by atoms with E-state index in [4.69, 9.17) is 0 Å². The van der Waals surface area contributed by atoms with Gasteiger partial charge >= 0.3 is 0 Å². The number of imide groups is 2. The minimum Gasteiger partial charge on any atom is -0.269 e. The van der Waals surface area contributed by atoms with Crippen molar-refractivity contribution in [2.24, 2.45) is 0 Å². The lowest BCUT2D eigenvalue weighted by Crippen LogP contribution is -2.45. The Morgan fingerprint density at radius 1 is 0.657 bits per heavy atom. The van der Waals surface area contributed by atoms with E-state index in [-0.39, 0.29) is 30.3 Å². The molecule has 4 rings (SSSR count). The smallest absolute Gasteiger partial charge is 0.258 e. The zero-order chi connectivity index (χ0) is 25.3. The maximum atomic E-state index is 13.1. The van der Waals surface area contributed by atoms with E-state index >= 15 is 0 Å². The summed E-state index contributed by atoms with van der Waals surface area (Å²) in [5.74, 6) is -1.50. The highest BCUT2D eigenvalue weighted by Crippen LogP contribution is 2.37. The maximum Gasteiger partial charge on any atom is 0.258 e. The molecule has 0 aromatic rings. The van der Waals surface area contributed by atoms with E-state index in [1.54, 1.807) is 0 Å². The van der Waals surface area contributed by atoms with Crippen LogP contribution in [0.2, 0.25) is 0 Å². The molecule has 0 N–H and O–H groups in total. The first-order valence-electron chi connectivity index (χ1n) is 12.5. The van der Waals surface area contributed by atoms with Crippen LogP contribution in [0.25, 0.3) is 0 Å². The third-order valence-electron chi connectivity index (χ3n) is 7.06. The van der Waals surface area contributed by atoms with Gasteiger partial charge in [-0.1, -0.05) is 46.6 Å². The molecule has 4 aliphatic rings. The highest BCUT2D eigenvalue weighted by Gasteiger charge is 2.45. The van der Waals surface area contributed by atoms with Gasteiger partial charge in [-0.3, -0.25) is 29.0 Å². The van der Waals surface area contributed by atoms with E-state index in [1.165, 1.54) is 11.1 Å². The van der Waals surface area contributed by atoms with Gasteiger partial charge in [0.05, 0.1) is 0 Å². The number of carbonyl (C=O) groups is 4. The Hall–Kier alpha value is -3.28. The van der Waals surface area contributed by atoms with Crippen LogP contribution >= 0.6 is 0 Å². The number of carbonyl (C=O) groups excluding carboxylic acids is 4. The van der Waals surface area contributed by atoms with Crippen molar-refractivity contribution in [1.82, 2.24) is 9.80 Å². The Morgan fingerprint density at radius 3 is 1.40 bits per heavy atom. The molecule has 35 heavy (non-hydrogen) atoms. The molecule has 0 saturated heterocycles. The molecular weight excluding hydrogens is 440 g/mol. The summed E-state index contributed by atoms with van der Waals surface area (Å²) in [5, 5.41) is 0. The Kier molecular flexibility index (Phi) is 7.20. The lowest BCUT2D eigenvalue weighted by molar-refractivity contribution is -0.146. The molecule has 0 bridgehead atoms. The fourth-order valence-electron chi connectivity index (χ4n) is 5.10. The molecule has 184 valence electrons. The quantitative estimate of drug-likeness (QED) is 0.358. The van der Waals surface area contributed by atoms with Gasteiger partial charge in [0.15, 0.2) is 0 Å². The summed E-state index contributed by atoms with van der Waals surface area (Å²) in [7, 11) is 0. The zero-order valence-electron chi connectivity index (χ0n) is 21.2. The van der Waals surface area contributed by atoms with Crippen LogP contribution in [0.1, 0.15) is 79.1 Å². The first-order valence-corrected chi connectivity index (χ1v) is 12.5. The van der Waals surface area contributed by atoms with Crippen molar-refractivity contribution in [3.05, 3.63) is 68.9 Å². The molecule has 0 unspecified atom stereocenters. The molecule has 2 heterocycles. The van der Waals surface area contributed by atoms with Crippen molar-refractivity contribution >= 4 is 23.6 Å². The Bertz CT molecular complexity index is 1090. The van der Waals surface area contributed by atoms with Crippen molar-refractivity contribution in [3.8, 4) is 0 Å². The van der Waals surface area contributed by atoms with Crippen LogP contribution in [0.3, 0.4) is 0 Å². The number of hydrogen-bond donors (Lipinski definition) is 0. The third kappa shape index (κ3) is 5.07. The summed E-state index contributed by atoms with van der Waals surface area (Å²) in [4.78, 5) is 54.5. The summed E-state index contributed by atoms with van der Waals surface area (Å²) in [6.45, 7) is 7.92. The van der Waals surface area contributed by atoms with Crippen molar-refractivity contribution in [3.63, 3.8) is 0 Å². The zero-order valence-corrected chi connectivity index (χ0v) is 21.2. The number of amides is 4. The maximum absolute atomic E-state index is 13.1. The predicted molar refractivity (Wildman–Crippen MR) is 135 cm³/mol. The predicted octanol–water partition coefficient (Wildman–Crippen LogP) is 5.21. The average Bonchev–Trinajstić information content (AvgIpc) is 3.18. The molecule has 2 aliphatic heterocycles. The fraction of sp³-hybridized carbons (Fsp3) is 0.448. The topological polar surface area (TPSA) is 74.8 Å². The number of allylic oxidation sites excluding steroid dienone is 8. The minimum atomic E-state index is -0.379. The van der Waals surface area contributed by atoms with E-state index in [2.05, 4.69) is 39.8 Å². The first-order chi connectivity index (χ1) is 16.7. The molecule has 0 saturated carbocycles. The molecule has 0 fully saturated rings.